The van der Waals surface area contributed by atoms with E-state index in [2.05, 4.69) is 15.5 Å². The molecule has 0 spiro atoms. The summed E-state index contributed by atoms with van der Waals surface area (Å²) in [4.78, 5) is 26.5. The van der Waals surface area contributed by atoms with Crippen molar-refractivity contribution < 1.29 is 9.59 Å². The highest BCUT2D eigenvalue weighted by molar-refractivity contribution is 7.15. The van der Waals surface area contributed by atoms with Gasteiger partial charge < -0.3 is 10.2 Å². The van der Waals surface area contributed by atoms with Gasteiger partial charge in [0.25, 0.3) is 0 Å². The Hall–Kier alpha value is -1.99. The third-order valence-electron chi connectivity index (χ3n) is 4.20. The number of hydrogen-bond donors (Lipinski definition) is 1. The molecule has 2 aromatic rings. The highest BCUT2D eigenvalue weighted by Gasteiger charge is 2.35. The molecule has 2 amide bonds. The number of aromatic nitrogens is 2. The molecule has 1 fully saturated rings. The number of rotatable bonds is 4. The van der Waals surface area contributed by atoms with Gasteiger partial charge in [-0.3, -0.25) is 9.59 Å². The third kappa shape index (κ3) is 4.22. The second kappa shape index (κ2) is 7.32. The minimum atomic E-state index is -0.396. The lowest BCUT2D eigenvalue weighted by molar-refractivity contribution is -0.128. The Balaban J connectivity index is 1.62. The Bertz CT molecular complexity index is 831. The lowest BCUT2D eigenvalue weighted by atomic mass is 9.98. The maximum absolute atomic E-state index is 12.5. The number of nitrogens with zero attached hydrogens (tertiary/aromatic N) is 3. The first-order valence-electron chi connectivity index (χ1n) is 8.40. The number of benzene rings is 1. The topological polar surface area (TPSA) is 75.2 Å². The molecule has 1 aliphatic rings. The molecule has 1 N–H and O–H groups in total. The number of anilines is 1. The molecule has 1 aromatic heterocycles. The minimum absolute atomic E-state index is 0.0438. The fourth-order valence-electron chi connectivity index (χ4n) is 2.72. The first-order valence-corrected chi connectivity index (χ1v) is 9.59. The smallest absolute Gasteiger partial charge is 0.231 e. The predicted octanol–water partition coefficient (Wildman–Crippen LogP) is 3.48. The molecule has 0 saturated carbocycles. The molecule has 1 atom stereocenters. The van der Waals surface area contributed by atoms with Gasteiger partial charge in [-0.1, -0.05) is 61.9 Å². The van der Waals surface area contributed by atoms with Gasteiger partial charge in [-0.15, -0.1) is 10.2 Å². The second-order valence-electron chi connectivity index (χ2n) is 7.42. The van der Waals surface area contributed by atoms with E-state index in [0.29, 0.717) is 23.2 Å². The summed E-state index contributed by atoms with van der Waals surface area (Å²) in [6.07, 6.45) is 0.196. The zero-order chi connectivity index (χ0) is 18.9. The number of halogens is 1. The van der Waals surface area contributed by atoms with Crippen molar-refractivity contribution in [3.63, 3.8) is 0 Å². The van der Waals surface area contributed by atoms with E-state index in [1.54, 1.807) is 11.0 Å². The maximum atomic E-state index is 12.5. The van der Waals surface area contributed by atoms with E-state index >= 15 is 0 Å². The fourth-order valence-corrected chi connectivity index (χ4v) is 3.72. The van der Waals surface area contributed by atoms with Crippen LogP contribution >= 0.6 is 22.9 Å². The number of likely N-dealkylation sites (tertiary alicyclic amines) is 1. The zero-order valence-corrected chi connectivity index (χ0v) is 16.5. The average Bonchev–Trinajstić information content (AvgIpc) is 3.17. The van der Waals surface area contributed by atoms with Gasteiger partial charge in [0.15, 0.2) is 0 Å². The van der Waals surface area contributed by atoms with E-state index in [1.807, 2.05) is 39.0 Å². The Morgan fingerprint density at radius 1 is 1.35 bits per heavy atom. The Kier molecular flexibility index (Phi) is 5.29. The predicted molar refractivity (Wildman–Crippen MR) is 102 cm³/mol. The molecule has 138 valence electrons. The van der Waals surface area contributed by atoms with Crippen molar-refractivity contribution in [3.05, 3.63) is 39.9 Å². The molecule has 1 saturated heterocycles. The molecule has 3 rings (SSSR count). The van der Waals surface area contributed by atoms with Crippen molar-refractivity contribution in [1.82, 2.24) is 15.1 Å². The number of hydrogen-bond acceptors (Lipinski definition) is 5. The first kappa shape index (κ1) is 18.8. The summed E-state index contributed by atoms with van der Waals surface area (Å²) in [6, 6.07) is 7.41. The van der Waals surface area contributed by atoms with Crippen LogP contribution in [0.3, 0.4) is 0 Å². The molecule has 8 heteroatoms. The first-order chi connectivity index (χ1) is 12.2. The van der Waals surface area contributed by atoms with Gasteiger partial charge in [-0.05, 0) is 11.6 Å². The van der Waals surface area contributed by atoms with Crippen molar-refractivity contribution >= 4 is 39.9 Å². The van der Waals surface area contributed by atoms with Gasteiger partial charge in [0.05, 0.1) is 5.92 Å². The molecule has 0 aliphatic carbocycles. The van der Waals surface area contributed by atoms with Crippen LogP contribution in [0.5, 0.6) is 0 Å². The molecular formula is C18H21ClN4O2S. The van der Waals surface area contributed by atoms with Crippen LogP contribution in [0.15, 0.2) is 24.3 Å². The highest BCUT2D eigenvalue weighted by atomic mass is 35.5. The maximum Gasteiger partial charge on any atom is 0.231 e. The largest absolute Gasteiger partial charge is 0.337 e. The van der Waals surface area contributed by atoms with Crippen LogP contribution < -0.4 is 5.32 Å². The highest BCUT2D eigenvalue weighted by Crippen LogP contribution is 2.29. The molecular weight excluding hydrogens is 372 g/mol. The fraction of sp³-hybridized carbons (Fsp3) is 0.444. The standard InChI is InChI=1S/C18H21ClN4O2S/c1-18(2,3)16-21-22-17(26-16)20-15(25)12-8-14(24)23(10-12)9-11-6-4-5-7-13(11)19/h4-7,12H,8-10H2,1-3H3,(H,20,22,25)/t12-/m0/s1. The van der Waals surface area contributed by atoms with E-state index in [9.17, 15) is 9.59 Å². The second-order valence-corrected chi connectivity index (χ2v) is 8.80. The SMILES string of the molecule is CC(C)(C)c1nnc(NC(=O)[C@H]2CC(=O)N(Cc3ccccc3Cl)C2)s1. The molecule has 0 radical (unpaired) electrons. The summed E-state index contributed by atoms with van der Waals surface area (Å²) in [5.41, 5.74) is 0.762. The van der Waals surface area contributed by atoms with Crippen molar-refractivity contribution in [3.8, 4) is 0 Å². The Morgan fingerprint density at radius 3 is 2.73 bits per heavy atom. The van der Waals surface area contributed by atoms with Crippen molar-refractivity contribution in [2.45, 2.75) is 39.2 Å². The number of carbonyl (C=O) groups excluding carboxylic acids is 2. The molecule has 26 heavy (non-hydrogen) atoms. The quantitative estimate of drug-likeness (QED) is 0.864. The van der Waals surface area contributed by atoms with E-state index in [1.165, 1.54) is 11.3 Å². The van der Waals surface area contributed by atoms with Crippen LogP contribution in [-0.4, -0.2) is 33.5 Å². The lowest BCUT2D eigenvalue weighted by Crippen LogP contribution is -2.28. The van der Waals surface area contributed by atoms with Gasteiger partial charge in [-0.2, -0.15) is 0 Å². The summed E-state index contributed by atoms with van der Waals surface area (Å²) in [6.45, 7) is 6.92. The third-order valence-corrected chi connectivity index (χ3v) is 5.83. The van der Waals surface area contributed by atoms with Crippen LogP contribution in [0, 0.1) is 5.92 Å². The molecule has 1 aromatic carbocycles. The van der Waals surface area contributed by atoms with Crippen LogP contribution in [0.25, 0.3) is 0 Å². The summed E-state index contributed by atoms with van der Waals surface area (Å²) in [5.74, 6) is -0.638. The van der Waals surface area contributed by atoms with Gasteiger partial charge in [0.2, 0.25) is 16.9 Å². The van der Waals surface area contributed by atoms with Crippen molar-refractivity contribution in [2.75, 3.05) is 11.9 Å². The van der Waals surface area contributed by atoms with Gasteiger partial charge in [0, 0.05) is 29.9 Å². The van der Waals surface area contributed by atoms with E-state index in [4.69, 9.17) is 11.6 Å². The van der Waals surface area contributed by atoms with Crippen molar-refractivity contribution in [2.24, 2.45) is 5.92 Å². The molecule has 0 unspecified atom stereocenters. The number of amides is 2. The summed E-state index contributed by atoms with van der Waals surface area (Å²) in [7, 11) is 0. The summed E-state index contributed by atoms with van der Waals surface area (Å²) < 4.78 is 0. The van der Waals surface area contributed by atoms with Gasteiger partial charge >= 0.3 is 0 Å². The minimum Gasteiger partial charge on any atom is -0.337 e. The Morgan fingerprint density at radius 2 is 2.08 bits per heavy atom. The number of carbonyl (C=O) groups is 2. The van der Waals surface area contributed by atoms with Gasteiger partial charge in [0.1, 0.15) is 5.01 Å². The molecule has 2 heterocycles. The van der Waals surface area contributed by atoms with Crippen LogP contribution in [0.4, 0.5) is 5.13 Å². The monoisotopic (exact) mass is 392 g/mol. The van der Waals surface area contributed by atoms with Crippen LogP contribution in [0.1, 0.15) is 37.8 Å². The molecule has 0 bridgehead atoms. The van der Waals surface area contributed by atoms with Crippen LogP contribution in [0.2, 0.25) is 5.02 Å². The van der Waals surface area contributed by atoms with Gasteiger partial charge in [-0.25, -0.2) is 0 Å². The summed E-state index contributed by atoms with van der Waals surface area (Å²) in [5, 5.41) is 12.9. The Labute approximate surface area is 161 Å². The van der Waals surface area contributed by atoms with E-state index in [-0.39, 0.29) is 23.7 Å². The molecule has 1 aliphatic heterocycles. The van der Waals surface area contributed by atoms with Crippen molar-refractivity contribution in [1.29, 1.82) is 0 Å². The van der Waals surface area contributed by atoms with E-state index < -0.39 is 5.92 Å². The molecule has 6 nitrogen and oxygen atoms in total. The normalized spacial score (nSPS) is 17.6. The lowest BCUT2D eigenvalue weighted by Gasteiger charge is -2.17. The van der Waals surface area contributed by atoms with E-state index in [0.717, 1.165) is 10.6 Å². The number of nitrogens with one attached hydrogen (secondary N) is 1. The van der Waals surface area contributed by atoms with Crippen LogP contribution in [-0.2, 0) is 21.5 Å². The zero-order valence-electron chi connectivity index (χ0n) is 15.0. The average molecular weight is 393 g/mol. The summed E-state index contributed by atoms with van der Waals surface area (Å²) >= 11 is 7.53.